The monoisotopic (exact) mass is 419 g/mol. The molecule has 0 aliphatic heterocycles. The molecule has 1 N–H and O–H groups in total. The van der Waals surface area contributed by atoms with Crippen molar-refractivity contribution >= 4 is 22.8 Å². The van der Waals surface area contributed by atoms with Crippen LogP contribution in [-0.4, -0.2) is 18.5 Å². The molecule has 0 radical (unpaired) electrons. The molecule has 0 aliphatic rings. The first-order valence-electron chi connectivity index (χ1n) is 9.35. The molecule has 4 aromatic rings. The second-order valence-corrected chi connectivity index (χ2v) is 6.49. The molecule has 0 saturated heterocycles. The van der Waals surface area contributed by atoms with Crippen LogP contribution in [0, 0.1) is 0 Å². The Bertz CT molecular complexity index is 1260. The topological polar surface area (TPSA) is 108 Å². The molecule has 2 heterocycles. The number of furan rings is 1. The summed E-state index contributed by atoms with van der Waals surface area (Å²) in [6.07, 6.45) is 1.49. The second kappa shape index (κ2) is 9.00. The van der Waals surface area contributed by atoms with Crippen molar-refractivity contribution in [2.75, 3.05) is 6.61 Å². The molecule has 0 aliphatic carbocycles. The van der Waals surface area contributed by atoms with E-state index >= 15 is 0 Å². The number of carbonyl (C=O) groups is 2. The van der Waals surface area contributed by atoms with Crippen LogP contribution >= 0.6 is 0 Å². The number of fused-ring (bicyclic) bond motifs is 1. The summed E-state index contributed by atoms with van der Waals surface area (Å²) in [4.78, 5) is 36.6. The number of amides is 1. The van der Waals surface area contributed by atoms with Gasteiger partial charge in [-0.3, -0.25) is 4.79 Å². The van der Waals surface area contributed by atoms with Crippen LogP contribution in [0.4, 0.5) is 0 Å². The summed E-state index contributed by atoms with van der Waals surface area (Å²) < 4.78 is 20.9. The highest BCUT2D eigenvalue weighted by Crippen LogP contribution is 2.21. The fraction of sp³-hybridized carbons (Fsp3) is 0.0870. The van der Waals surface area contributed by atoms with E-state index in [-0.39, 0.29) is 30.0 Å². The van der Waals surface area contributed by atoms with Gasteiger partial charge in [0.15, 0.2) is 6.61 Å². The maximum atomic E-state index is 12.3. The van der Waals surface area contributed by atoms with Crippen LogP contribution in [0.2, 0.25) is 0 Å². The maximum Gasteiger partial charge on any atom is 0.349 e. The molecule has 8 heteroatoms. The summed E-state index contributed by atoms with van der Waals surface area (Å²) in [7, 11) is 0. The van der Waals surface area contributed by atoms with Crippen LogP contribution in [0.1, 0.15) is 16.1 Å². The first-order valence-corrected chi connectivity index (χ1v) is 9.35. The number of carbonyl (C=O) groups excluding carboxylic acids is 2. The smallest absolute Gasteiger partial charge is 0.349 e. The van der Waals surface area contributed by atoms with E-state index in [0.29, 0.717) is 16.9 Å². The number of hydrogen-bond acceptors (Lipinski definition) is 7. The summed E-state index contributed by atoms with van der Waals surface area (Å²) in [5.41, 5.74) is -0.762. The van der Waals surface area contributed by atoms with Crippen molar-refractivity contribution in [2.45, 2.75) is 6.54 Å². The summed E-state index contributed by atoms with van der Waals surface area (Å²) in [5, 5.41) is 3.10. The lowest BCUT2D eigenvalue weighted by Gasteiger charge is -2.08. The zero-order valence-corrected chi connectivity index (χ0v) is 16.2. The number of esters is 1. The summed E-state index contributed by atoms with van der Waals surface area (Å²) >= 11 is 0. The molecule has 4 rings (SSSR count). The Morgan fingerprint density at radius 1 is 0.935 bits per heavy atom. The average Bonchev–Trinajstić information content (AvgIpc) is 3.30. The van der Waals surface area contributed by atoms with E-state index < -0.39 is 17.5 Å². The van der Waals surface area contributed by atoms with E-state index in [1.54, 1.807) is 42.5 Å². The molecule has 1 amide bonds. The van der Waals surface area contributed by atoms with E-state index in [9.17, 15) is 14.4 Å². The quantitative estimate of drug-likeness (QED) is 0.278. The largest absolute Gasteiger partial charge is 0.482 e. The van der Waals surface area contributed by atoms with E-state index in [1.807, 2.05) is 6.07 Å². The lowest BCUT2D eigenvalue weighted by molar-refractivity contribution is -0.136. The van der Waals surface area contributed by atoms with E-state index in [2.05, 4.69) is 5.32 Å². The molecule has 156 valence electrons. The van der Waals surface area contributed by atoms with Crippen molar-refractivity contribution in [1.82, 2.24) is 5.32 Å². The van der Waals surface area contributed by atoms with E-state index in [1.165, 1.54) is 24.5 Å². The summed E-state index contributed by atoms with van der Waals surface area (Å²) in [5.74, 6) is 0.0930. The van der Waals surface area contributed by atoms with Gasteiger partial charge in [0.25, 0.3) is 5.91 Å². The van der Waals surface area contributed by atoms with Gasteiger partial charge in [0.2, 0.25) is 0 Å². The maximum absolute atomic E-state index is 12.3. The van der Waals surface area contributed by atoms with Gasteiger partial charge in [-0.25, -0.2) is 9.59 Å². The molecular weight excluding hydrogens is 402 g/mol. The molecular formula is C23H17NO7. The highest BCUT2D eigenvalue weighted by atomic mass is 16.6. The molecule has 0 unspecified atom stereocenters. The SMILES string of the molecule is O=C(COc1ccccc1)Oc1ccc2cc(C(=O)NCc3ccco3)c(=O)oc2c1. The normalized spacial score (nSPS) is 10.6. The first-order chi connectivity index (χ1) is 15.1. The van der Waals surface area contributed by atoms with Crippen LogP contribution in [0.15, 0.2) is 86.6 Å². The predicted molar refractivity (Wildman–Crippen MR) is 110 cm³/mol. The van der Waals surface area contributed by atoms with Gasteiger partial charge >= 0.3 is 11.6 Å². The Hall–Kier alpha value is -4.33. The van der Waals surface area contributed by atoms with Gasteiger partial charge in [-0.2, -0.15) is 0 Å². The molecule has 2 aromatic carbocycles. The van der Waals surface area contributed by atoms with Gasteiger partial charge in [0.1, 0.15) is 28.4 Å². The van der Waals surface area contributed by atoms with Crippen molar-refractivity contribution in [3.63, 3.8) is 0 Å². The highest BCUT2D eigenvalue weighted by molar-refractivity contribution is 5.96. The zero-order chi connectivity index (χ0) is 21.6. The van der Waals surface area contributed by atoms with E-state index in [4.69, 9.17) is 18.3 Å². The van der Waals surface area contributed by atoms with Gasteiger partial charge in [-0.05, 0) is 42.5 Å². The summed E-state index contributed by atoms with van der Waals surface area (Å²) in [6.45, 7) is -0.135. The van der Waals surface area contributed by atoms with Crippen LogP contribution in [0.3, 0.4) is 0 Å². The van der Waals surface area contributed by atoms with Crippen molar-refractivity contribution in [2.24, 2.45) is 0 Å². The third-order valence-corrected chi connectivity index (χ3v) is 4.29. The van der Waals surface area contributed by atoms with Crippen molar-refractivity contribution in [3.05, 3.63) is 94.7 Å². The number of benzene rings is 2. The third-order valence-electron chi connectivity index (χ3n) is 4.29. The van der Waals surface area contributed by atoms with Gasteiger partial charge in [0.05, 0.1) is 12.8 Å². The molecule has 8 nitrogen and oxygen atoms in total. The minimum atomic E-state index is -0.805. The molecule has 0 atom stereocenters. The third kappa shape index (κ3) is 4.99. The predicted octanol–water partition coefficient (Wildman–Crippen LogP) is 3.30. The highest BCUT2D eigenvalue weighted by Gasteiger charge is 2.15. The summed E-state index contributed by atoms with van der Waals surface area (Å²) in [6, 6.07) is 18.2. The fourth-order valence-electron chi connectivity index (χ4n) is 2.81. The Morgan fingerprint density at radius 2 is 1.77 bits per heavy atom. The van der Waals surface area contributed by atoms with Gasteiger partial charge < -0.3 is 23.6 Å². The van der Waals surface area contributed by atoms with Crippen molar-refractivity contribution < 1.29 is 27.9 Å². The number of para-hydroxylation sites is 1. The van der Waals surface area contributed by atoms with Crippen molar-refractivity contribution in [1.29, 1.82) is 0 Å². The Kier molecular flexibility index (Phi) is 5.79. The number of ether oxygens (including phenoxy) is 2. The minimum absolute atomic E-state index is 0.139. The molecule has 2 aromatic heterocycles. The first kappa shape index (κ1) is 20.0. The van der Waals surface area contributed by atoms with Crippen LogP contribution in [-0.2, 0) is 11.3 Å². The fourth-order valence-corrected chi connectivity index (χ4v) is 2.81. The van der Waals surface area contributed by atoms with Gasteiger partial charge in [-0.1, -0.05) is 18.2 Å². The minimum Gasteiger partial charge on any atom is -0.482 e. The number of hydrogen-bond donors (Lipinski definition) is 1. The van der Waals surface area contributed by atoms with E-state index in [0.717, 1.165) is 0 Å². The molecule has 0 fully saturated rings. The average molecular weight is 419 g/mol. The Balaban J connectivity index is 1.43. The lowest BCUT2D eigenvalue weighted by Crippen LogP contribution is -2.27. The van der Waals surface area contributed by atoms with Crippen molar-refractivity contribution in [3.8, 4) is 11.5 Å². The van der Waals surface area contributed by atoms with Crippen LogP contribution in [0.5, 0.6) is 11.5 Å². The molecule has 0 bridgehead atoms. The van der Waals surface area contributed by atoms with Gasteiger partial charge in [-0.15, -0.1) is 0 Å². The van der Waals surface area contributed by atoms with Crippen LogP contribution in [0.25, 0.3) is 11.0 Å². The van der Waals surface area contributed by atoms with Gasteiger partial charge in [0, 0.05) is 11.5 Å². The molecule has 0 saturated carbocycles. The lowest BCUT2D eigenvalue weighted by atomic mass is 10.1. The Morgan fingerprint density at radius 3 is 2.55 bits per heavy atom. The molecule has 0 spiro atoms. The molecule has 31 heavy (non-hydrogen) atoms. The second-order valence-electron chi connectivity index (χ2n) is 6.49. The standard InChI is InChI=1S/C23H17NO7/c25-21(14-29-16-5-2-1-3-6-16)30-17-9-8-15-11-19(23(27)31-20(15)12-17)22(26)24-13-18-7-4-10-28-18/h1-12H,13-14H2,(H,24,26). The Labute approximate surface area is 176 Å². The number of nitrogens with one attached hydrogen (secondary N) is 1. The van der Waals surface area contributed by atoms with Crippen LogP contribution < -0.4 is 20.4 Å². The zero-order valence-electron chi connectivity index (χ0n) is 16.2. The number of rotatable bonds is 7.